The van der Waals surface area contributed by atoms with Gasteiger partial charge in [-0.15, -0.1) is 0 Å². The van der Waals surface area contributed by atoms with Gasteiger partial charge in [0.25, 0.3) is 5.91 Å². The van der Waals surface area contributed by atoms with Gasteiger partial charge in [0.1, 0.15) is 5.69 Å². The van der Waals surface area contributed by atoms with Crippen molar-refractivity contribution in [1.29, 1.82) is 0 Å². The lowest BCUT2D eigenvalue weighted by Gasteiger charge is -2.44. The molecule has 1 aromatic heterocycles. The van der Waals surface area contributed by atoms with Crippen molar-refractivity contribution in [2.24, 2.45) is 0 Å². The number of H-pyrrole nitrogens is 2. The number of likely N-dealkylation sites (tertiary alicyclic amines) is 1. The van der Waals surface area contributed by atoms with Gasteiger partial charge in [-0.2, -0.15) is 0 Å². The summed E-state index contributed by atoms with van der Waals surface area (Å²) in [7, 11) is 0. The minimum absolute atomic E-state index is 0.0865. The summed E-state index contributed by atoms with van der Waals surface area (Å²) in [6.07, 6.45) is 3.59. The molecule has 144 valence electrons. The number of aromatic amines is 2. The van der Waals surface area contributed by atoms with Gasteiger partial charge in [0.05, 0.1) is 0 Å². The third-order valence-electron chi connectivity index (χ3n) is 5.80. The van der Waals surface area contributed by atoms with Crippen molar-refractivity contribution in [1.82, 2.24) is 19.8 Å². The molecule has 2 fully saturated rings. The van der Waals surface area contributed by atoms with Gasteiger partial charge in [-0.3, -0.25) is 9.69 Å². The Bertz CT molecular complexity index is 850. The van der Waals surface area contributed by atoms with Crippen molar-refractivity contribution in [3.05, 3.63) is 52.2 Å². The number of rotatable bonds is 3. The van der Waals surface area contributed by atoms with E-state index in [0.717, 1.165) is 52.1 Å². The molecule has 4 rings (SSSR count). The van der Waals surface area contributed by atoms with Gasteiger partial charge in [0.15, 0.2) is 0 Å². The summed E-state index contributed by atoms with van der Waals surface area (Å²) in [5.41, 5.74) is 2.67. The molecular formula is C20H27N5O2. The molecule has 27 heavy (non-hydrogen) atoms. The van der Waals surface area contributed by atoms with Gasteiger partial charge in [-0.1, -0.05) is 18.2 Å². The Labute approximate surface area is 159 Å². The van der Waals surface area contributed by atoms with E-state index < -0.39 is 0 Å². The van der Waals surface area contributed by atoms with E-state index in [-0.39, 0.29) is 11.6 Å². The second-order valence-electron chi connectivity index (χ2n) is 7.51. The van der Waals surface area contributed by atoms with Crippen LogP contribution in [-0.2, 0) is 0 Å². The summed E-state index contributed by atoms with van der Waals surface area (Å²) in [6.45, 7) is 7.71. The number of nitrogens with zero attached hydrogens (tertiary/aromatic N) is 3. The van der Waals surface area contributed by atoms with E-state index in [0.29, 0.717) is 11.7 Å². The lowest BCUT2D eigenvalue weighted by molar-refractivity contribution is 0.0558. The molecule has 0 aliphatic carbocycles. The van der Waals surface area contributed by atoms with Crippen LogP contribution in [0, 0.1) is 6.92 Å². The zero-order valence-corrected chi connectivity index (χ0v) is 15.8. The molecule has 2 aliphatic heterocycles. The Morgan fingerprint density at radius 3 is 2.59 bits per heavy atom. The monoisotopic (exact) mass is 369 g/mol. The average Bonchev–Trinajstić information content (AvgIpc) is 3.14. The van der Waals surface area contributed by atoms with Crippen LogP contribution in [0.1, 0.15) is 28.9 Å². The molecule has 1 atom stereocenters. The van der Waals surface area contributed by atoms with Crippen LogP contribution in [-0.4, -0.2) is 71.0 Å². The maximum absolute atomic E-state index is 12.6. The number of hydrogen-bond acceptors (Lipinski definition) is 4. The Balaban J connectivity index is 1.36. The van der Waals surface area contributed by atoms with Crippen LogP contribution >= 0.6 is 0 Å². The molecule has 7 nitrogen and oxygen atoms in total. The zero-order chi connectivity index (χ0) is 18.8. The zero-order valence-electron chi connectivity index (χ0n) is 15.8. The van der Waals surface area contributed by atoms with Crippen LogP contribution in [0.5, 0.6) is 0 Å². The lowest BCUT2D eigenvalue weighted by atomic mass is 10.0. The fraction of sp³-hybridized carbons (Fsp3) is 0.500. The highest BCUT2D eigenvalue weighted by atomic mass is 16.2. The Hall–Kier alpha value is -2.54. The third kappa shape index (κ3) is 3.78. The normalized spacial score (nSPS) is 21.4. The first kappa shape index (κ1) is 17.9. The number of amides is 1. The number of nitrogens with one attached hydrogen (secondary N) is 2. The van der Waals surface area contributed by atoms with Crippen molar-refractivity contribution < 1.29 is 4.79 Å². The first-order valence-corrected chi connectivity index (χ1v) is 9.73. The third-order valence-corrected chi connectivity index (χ3v) is 5.80. The van der Waals surface area contributed by atoms with E-state index in [4.69, 9.17) is 0 Å². The number of carbonyl (C=O) groups is 1. The standard InChI is InChI=1S/C20H27N5O2/c1-15-5-2-3-7-18(15)24-11-9-23(10-12-24)16-6-4-8-25(14-16)19(26)17-13-21-20(27)22-17/h2-3,5,7,13,16H,4,6,8-12,14H2,1H3,(H2,21,22,27)/t16-/m0/s1. The predicted molar refractivity (Wildman–Crippen MR) is 105 cm³/mol. The van der Waals surface area contributed by atoms with Crippen molar-refractivity contribution in [2.75, 3.05) is 44.2 Å². The van der Waals surface area contributed by atoms with Gasteiger partial charge >= 0.3 is 5.69 Å². The van der Waals surface area contributed by atoms with E-state index in [2.05, 4.69) is 51.0 Å². The number of aryl methyl sites for hydroxylation is 1. The Morgan fingerprint density at radius 1 is 1.11 bits per heavy atom. The number of hydrogen-bond donors (Lipinski definition) is 2. The van der Waals surface area contributed by atoms with Crippen LogP contribution in [0.3, 0.4) is 0 Å². The maximum Gasteiger partial charge on any atom is 0.323 e. The summed E-state index contributed by atoms with van der Waals surface area (Å²) in [5, 5.41) is 0. The highest BCUT2D eigenvalue weighted by Gasteiger charge is 2.31. The van der Waals surface area contributed by atoms with Crippen molar-refractivity contribution >= 4 is 11.6 Å². The fourth-order valence-electron chi connectivity index (χ4n) is 4.30. The van der Waals surface area contributed by atoms with Crippen LogP contribution in [0.15, 0.2) is 35.3 Å². The highest BCUT2D eigenvalue weighted by molar-refractivity contribution is 5.92. The van der Waals surface area contributed by atoms with E-state index in [1.54, 1.807) is 0 Å². The van der Waals surface area contributed by atoms with Crippen LogP contribution in [0.2, 0.25) is 0 Å². The van der Waals surface area contributed by atoms with Crippen molar-refractivity contribution in [2.45, 2.75) is 25.8 Å². The second kappa shape index (κ2) is 7.60. The van der Waals surface area contributed by atoms with E-state index in [1.165, 1.54) is 17.4 Å². The molecule has 2 saturated heterocycles. The van der Waals surface area contributed by atoms with Gasteiger partial charge < -0.3 is 19.8 Å². The largest absolute Gasteiger partial charge is 0.369 e. The van der Waals surface area contributed by atoms with Gasteiger partial charge in [0, 0.05) is 57.2 Å². The van der Waals surface area contributed by atoms with Crippen LogP contribution in [0.4, 0.5) is 5.69 Å². The van der Waals surface area contributed by atoms with E-state index in [9.17, 15) is 9.59 Å². The molecule has 0 spiro atoms. The number of benzene rings is 1. The molecular weight excluding hydrogens is 342 g/mol. The average molecular weight is 369 g/mol. The Kier molecular flexibility index (Phi) is 5.03. The molecule has 3 heterocycles. The fourth-order valence-corrected chi connectivity index (χ4v) is 4.30. The molecule has 0 saturated carbocycles. The number of piperidine rings is 1. The van der Waals surface area contributed by atoms with Gasteiger partial charge in [-0.05, 0) is 31.4 Å². The quantitative estimate of drug-likeness (QED) is 0.858. The molecule has 2 aliphatic rings. The maximum atomic E-state index is 12.6. The minimum atomic E-state index is -0.334. The molecule has 1 amide bonds. The van der Waals surface area contributed by atoms with Crippen molar-refractivity contribution in [3.63, 3.8) is 0 Å². The molecule has 7 heteroatoms. The number of imidazole rings is 1. The molecule has 1 aromatic carbocycles. The lowest BCUT2D eigenvalue weighted by Crippen LogP contribution is -2.56. The molecule has 2 aromatic rings. The highest BCUT2D eigenvalue weighted by Crippen LogP contribution is 2.23. The van der Waals surface area contributed by atoms with Crippen molar-refractivity contribution in [3.8, 4) is 0 Å². The second-order valence-corrected chi connectivity index (χ2v) is 7.51. The smallest absolute Gasteiger partial charge is 0.323 e. The summed E-state index contributed by atoms with van der Waals surface area (Å²) in [5.74, 6) is -0.0865. The molecule has 2 N–H and O–H groups in total. The van der Waals surface area contributed by atoms with Crippen LogP contribution < -0.4 is 10.6 Å². The van der Waals surface area contributed by atoms with Gasteiger partial charge in [-0.25, -0.2) is 4.79 Å². The van der Waals surface area contributed by atoms with E-state index >= 15 is 0 Å². The summed E-state index contributed by atoms with van der Waals surface area (Å²) in [4.78, 5) is 35.8. The minimum Gasteiger partial charge on any atom is -0.369 e. The molecule has 0 unspecified atom stereocenters. The SMILES string of the molecule is Cc1ccccc1N1CCN([C@H]2CCCN(C(=O)c3c[nH]c(=O)[nH]3)C2)CC1. The molecule has 0 radical (unpaired) electrons. The number of anilines is 1. The number of piperazine rings is 1. The number of carbonyl (C=O) groups excluding carboxylic acids is 1. The Morgan fingerprint density at radius 2 is 1.89 bits per heavy atom. The number of aromatic nitrogens is 2. The summed E-state index contributed by atoms with van der Waals surface area (Å²) >= 11 is 0. The summed E-state index contributed by atoms with van der Waals surface area (Å²) in [6, 6.07) is 8.94. The first-order chi connectivity index (χ1) is 13.1. The first-order valence-electron chi connectivity index (χ1n) is 9.73. The summed E-state index contributed by atoms with van der Waals surface area (Å²) < 4.78 is 0. The predicted octanol–water partition coefficient (Wildman–Crippen LogP) is 1.44. The van der Waals surface area contributed by atoms with Crippen LogP contribution in [0.25, 0.3) is 0 Å². The van der Waals surface area contributed by atoms with E-state index in [1.807, 2.05) is 4.90 Å². The molecule has 0 bridgehead atoms. The van der Waals surface area contributed by atoms with Gasteiger partial charge in [0.2, 0.25) is 0 Å². The number of para-hydroxylation sites is 1. The topological polar surface area (TPSA) is 75.4 Å².